The van der Waals surface area contributed by atoms with Crippen molar-refractivity contribution in [3.63, 3.8) is 0 Å². The molecule has 0 saturated heterocycles. The van der Waals surface area contributed by atoms with E-state index in [4.69, 9.17) is 4.74 Å². The molecule has 1 amide bonds. The van der Waals surface area contributed by atoms with Crippen LogP contribution in [0.2, 0.25) is 0 Å². The molecule has 0 atom stereocenters. The van der Waals surface area contributed by atoms with Crippen LogP contribution in [0.5, 0.6) is 11.5 Å². The lowest BCUT2D eigenvalue weighted by atomic mass is 10.2. The van der Waals surface area contributed by atoms with Gasteiger partial charge in [-0.15, -0.1) is 0 Å². The number of amides is 1. The molecule has 0 aliphatic heterocycles. The van der Waals surface area contributed by atoms with Crippen molar-refractivity contribution >= 4 is 23.4 Å². The fourth-order valence-corrected chi connectivity index (χ4v) is 3.15. The first-order valence-corrected chi connectivity index (χ1v) is 9.37. The van der Waals surface area contributed by atoms with Crippen LogP contribution in [0.1, 0.15) is 10.5 Å². The number of thioether (sulfide) groups is 1. The first kappa shape index (κ1) is 19.7. The highest BCUT2D eigenvalue weighted by atomic mass is 32.2. The van der Waals surface area contributed by atoms with E-state index in [1.165, 1.54) is 43.3 Å². The van der Waals surface area contributed by atoms with Crippen LogP contribution in [-0.2, 0) is 0 Å². The van der Waals surface area contributed by atoms with Gasteiger partial charge >= 0.3 is 6.61 Å². The van der Waals surface area contributed by atoms with Gasteiger partial charge in [-0.2, -0.15) is 8.78 Å². The topological polar surface area (TPSA) is 65.4 Å². The van der Waals surface area contributed by atoms with Crippen molar-refractivity contribution in [3.8, 4) is 17.2 Å². The highest BCUT2D eigenvalue weighted by molar-refractivity contribution is 7.98. The van der Waals surface area contributed by atoms with Gasteiger partial charge in [0.2, 0.25) is 0 Å². The highest BCUT2D eigenvalue weighted by Crippen LogP contribution is 2.32. The molecule has 146 valence electrons. The van der Waals surface area contributed by atoms with Gasteiger partial charge < -0.3 is 14.8 Å². The number of ether oxygens (including phenoxy) is 2. The third-order valence-corrected chi connectivity index (χ3v) is 4.45. The van der Waals surface area contributed by atoms with Crippen molar-refractivity contribution < 1.29 is 23.0 Å². The third kappa shape index (κ3) is 4.25. The normalized spacial score (nSPS) is 10.8. The molecule has 1 heterocycles. The molecule has 0 spiro atoms. The largest absolute Gasteiger partial charge is 0.493 e. The number of nitrogens with one attached hydrogen (secondary N) is 1. The number of benzene rings is 2. The van der Waals surface area contributed by atoms with Crippen molar-refractivity contribution in [3.05, 3.63) is 60.4 Å². The van der Waals surface area contributed by atoms with Crippen molar-refractivity contribution in [2.75, 3.05) is 18.7 Å². The number of anilines is 1. The van der Waals surface area contributed by atoms with Crippen molar-refractivity contribution in [1.82, 2.24) is 9.55 Å². The van der Waals surface area contributed by atoms with E-state index < -0.39 is 12.5 Å². The summed E-state index contributed by atoms with van der Waals surface area (Å²) in [5.74, 6) is -0.473. The standard InChI is InChI=1S/C19H17F2N3O3S/c1-26-15-9-8-12(10-16(15)27-18(20)21)23-17(25)14-11-22-19(28-2)24(14)13-6-4-3-5-7-13/h3-11,18H,1-2H3,(H,23,25). The first-order valence-electron chi connectivity index (χ1n) is 8.15. The lowest BCUT2D eigenvalue weighted by Crippen LogP contribution is -2.17. The molecule has 0 fully saturated rings. The number of nitrogens with zero attached hydrogens (tertiary/aromatic N) is 2. The Balaban J connectivity index is 1.91. The van der Waals surface area contributed by atoms with Crippen LogP contribution in [0.4, 0.5) is 14.5 Å². The Morgan fingerprint density at radius 2 is 1.93 bits per heavy atom. The number of carbonyl (C=O) groups excluding carboxylic acids is 1. The van der Waals surface area contributed by atoms with Crippen LogP contribution in [-0.4, -0.2) is 35.4 Å². The van der Waals surface area contributed by atoms with E-state index in [1.807, 2.05) is 36.6 Å². The van der Waals surface area contributed by atoms with Gasteiger partial charge in [0, 0.05) is 17.4 Å². The minimum Gasteiger partial charge on any atom is -0.493 e. The van der Waals surface area contributed by atoms with E-state index in [2.05, 4.69) is 15.0 Å². The van der Waals surface area contributed by atoms with Gasteiger partial charge in [-0.25, -0.2) is 4.98 Å². The Kier molecular flexibility index (Phi) is 6.15. The van der Waals surface area contributed by atoms with Gasteiger partial charge in [0.1, 0.15) is 5.69 Å². The smallest absolute Gasteiger partial charge is 0.387 e. The first-order chi connectivity index (χ1) is 13.5. The fourth-order valence-electron chi connectivity index (χ4n) is 2.60. The average Bonchev–Trinajstić information content (AvgIpc) is 3.13. The molecule has 0 saturated carbocycles. The summed E-state index contributed by atoms with van der Waals surface area (Å²) in [6.07, 6.45) is 3.33. The van der Waals surface area contributed by atoms with E-state index in [0.29, 0.717) is 10.9 Å². The molecule has 0 unspecified atom stereocenters. The molecule has 3 aromatic rings. The van der Waals surface area contributed by atoms with Gasteiger partial charge in [0.15, 0.2) is 16.7 Å². The molecular weight excluding hydrogens is 388 g/mol. The SMILES string of the molecule is COc1ccc(NC(=O)c2cnc(SC)n2-c2ccccc2)cc1OC(F)F. The van der Waals surface area contributed by atoms with Crippen LogP contribution in [0.25, 0.3) is 5.69 Å². The Labute approximate surface area is 164 Å². The summed E-state index contributed by atoms with van der Waals surface area (Å²) in [6, 6.07) is 13.6. The van der Waals surface area contributed by atoms with Crippen LogP contribution >= 0.6 is 11.8 Å². The van der Waals surface area contributed by atoms with Gasteiger partial charge in [-0.3, -0.25) is 9.36 Å². The van der Waals surface area contributed by atoms with Crippen LogP contribution in [0, 0.1) is 0 Å². The van der Waals surface area contributed by atoms with Gasteiger partial charge in [0.05, 0.1) is 13.3 Å². The summed E-state index contributed by atoms with van der Waals surface area (Å²) in [7, 11) is 1.34. The molecule has 0 aliphatic carbocycles. The molecule has 6 nitrogen and oxygen atoms in total. The molecule has 9 heteroatoms. The Morgan fingerprint density at radius 3 is 2.57 bits per heavy atom. The minimum atomic E-state index is -3.01. The maximum absolute atomic E-state index is 12.8. The molecular formula is C19H17F2N3O3S. The second kappa shape index (κ2) is 8.75. The maximum atomic E-state index is 12.8. The molecule has 0 bridgehead atoms. The van der Waals surface area contributed by atoms with Crippen molar-refractivity contribution in [2.45, 2.75) is 11.8 Å². The molecule has 1 N–H and O–H groups in total. The Bertz CT molecular complexity index is 964. The summed E-state index contributed by atoms with van der Waals surface area (Å²) in [6.45, 7) is -3.01. The van der Waals surface area contributed by atoms with Crippen LogP contribution in [0.3, 0.4) is 0 Å². The number of aromatic nitrogens is 2. The minimum absolute atomic E-state index is 0.136. The van der Waals surface area contributed by atoms with Crippen LogP contribution < -0.4 is 14.8 Å². The summed E-state index contributed by atoms with van der Waals surface area (Å²) < 4.78 is 36.4. The third-order valence-electron chi connectivity index (χ3n) is 3.80. The van der Waals surface area contributed by atoms with E-state index in [-0.39, 0.29) is 17.2 Å². The van der Waals surface area contributed by atoms with Gasteiger partial charge in [-0.1, -0.05) is 30.0 Å². The van der Waals surface area contributed by atoms with Crippen molar-refractivity contribution in [2.24, 2.45) is 0 Å². The molecule has 28 heavy (non-hydrogen) atoms. The second-order valence-electron chi connectivity index (χ2n) is 5.50. The van der Waals surface area contributed by atoms with E-state index in [9.17, 15) is 13.6 Å². The average molecular weight is 405 g/mol. The summed E-state index contributed by atoms with van der Waals surface area (Å²) >= 11 is 1.40. The number of para-hydroxylation sites is 1. The van der Waals surface area contributed by atoms with E-state index in [1.54, 1.807) is 4.57 Å². The zero-order valence-electron chi connectivity index (χ0n) is 15.1. The fraction of sp³-hybridized carbons (Fsp3) is 0.158. The number of hydrogen-bond donors (Lipinski definition) is 1. The monoisotopic (exact) mass is 405 g/mol. The number of alkyl halides is 2. The van der Waals surface area contributed by atoms with Crippen LogP contribution in [0.15, 0.2) is 59.9 Å². The Hall–Kier alpha value is -3.07. The summed E-state index contributed by atoms with van der Waals surface area (Å²) in [5, 5.41) is 3.33. The summed E-state index contributed by atoms with van der Waals surface area (Å²) in [5.41, 5.74) is 1.38. The van der Waals surface area contributed by atoms with Gasteiger partial charge in [-0.05, 0) is 30.5 Å². The van der Waals surface area contributed by atoms with Crippen molar-refractivity contribution in [1.29, 1.82) is 0 Å². The Morgan fingerprint density at radius 1 is 1.18 bits per heavy atom. The molecule has 0 aliphatic rings. The van der Waals surface area contributed by atoms with E-state index >= 15 is 0 Å². The second-order valence-corrected chi connectivity index (χ2v) is 6.27. The number of carbonyl (C=O) groups is 1. The molecule has 3 rings (SSSR count). The quantitative estimate of drug-likeness (QED) is 0.588. The molecule has 0 radical (unpaired) electrons. The molecule has 2 aromatic carbocycles. The zero-order valence-corrected chi connectivity index (χ0v) is 15.9. The predicted octanol–water partition coefficient (Wildman–Crippen LogP) is 4.46. The van der Waals surface area contributed by atoms with E-state index in [0.717, 1.165) is 5.69 Å². The number of imidazole rings is 1. The number of hydrogen-bond acceptors (Lipinski definition) is 5. The number of methoxy groups -OCH3 is 1. The summed E-state index contributed by atoms with van der Waals surface area (Å²) in [4.78, 5) is 17.1. The predicted molar refractivity (Wildman–Crippen MR) is 103 cm³/mol. The number of halogens is 2. The maximum Gasteiger partial charge on any atom is 0.387 e. The zero-order chi connectivity index (χ0) is 20.1. The lowest BCUT2D eigenvalue weighted by molar-refractivity contribution is -0.0511. The highest BCUT2D eigenvalue weighted by Gasteiger charge is 2.19. The number of rotatable bonds is 7. The van der Waals surface area contributed by atoms with Gasteiger partial charge in [0.25, 0.3) is 5.91 Å². The lowest BCUT2D eigenvalue weighted by Gasteiger charge is -2.13. The molecule has 1 aromatic heterocycles.